The maximum absolute atomic E-state index is 12.3. The molecule has 0 saturated carbocycles. The third-order valence-corrected chi connectivity index (χ3v) is 2.68. The van der Waals surface area contributed by atoms with Crippen LogP contribution in [0.1, 0.15) is 12.1 Å². The second kappa shape index (κ2) is 5.70. The van der Waals surface area contributed by atoms with Crippen molar-refractivity contribution in [3.8, 4) is 0 Å². The fourth-order valence-electron chi connectivity index (χ4n) is 0.857. The van der Waals surface area contributed by atoms with E-state index in [9.17, 15) is 13.2 Å². The van der Waals surface area contributed by atoms with Crippen LogP contribution in [0.4, 0.5) is 13.2 Å². The van der Waals surface area contributed by atoms with E-state index < -0.39 is 17.2 Å². The first-order chi connectivity index (χ1) is 7.43. The standard InChI is InChI=1S/C8H8ClF3N2OS/c9-7-13-5(8(10,11)12)4-6(14-7)16-3-1-2-15/h4,15H,1-3H2. The van der Waals surface area contributed by atoms with Gasteiger partial charge in [0.1, 0.15) is 5.03 Å². The Balaban J connectivity index is 2.82. The van der Waals surface area contributed by atoms with Crippen LogP contribution < -0.4 is 0 Å². The van der Waals surface area contributed by atoms with Crippen molar-refractivity contribution in [2.75, 3.05) is 12.4 Å². The molecule has 1 aromatic heterocycles. The number of aliphatic hydroxyl groups excluding tert-OH is 1. The quantitative estimate of drug-likeness (QED) is 0.396. The van der Waals surface area contributed by atoms with Crippen molar-refractivity contribution in [1.29, 1.82) is 0 Å². The van der Waals surface area contributed by atoms with E-state index >= 15 is 0 Å². The molecule has 90 valence electrons. The molecule has 0 aromatic carbocycles. The summed E-state index contributed by atoms with van der Waals surface area (Å²) in [6.45, 7) is -0.0159. The molecule has 16 heavy (non-hydrogen) atoms. The van der Waals surface area contributed by atoms with Crippen LogP contribution in [-0.2, 0) is 6.18 Å². The molecular weight excluding hydrogens is 265 g/mol. The number of rotatable bonds is 4. The predicted octanol–water partition coefficient (Wildman–Crippen LogP) is 2.62. The summed E-state index contributed by atoms with van der Waals surface area (Å²) in [5, 5.41) is 8.25. The Bertz CT molecular complexity index is 362. The highest BCUT2D eigenvalue weighted by atomic mass is 35.5. The van der Waals surface area contributed by atoms with Crippen LogP contribution in [-0.4, -0.2) is 27.4 Å². The molecule has 0 aliphatic heterocycles. The molecule has 0 radical (unpaired) electrons. The van der Waals surface area contributed by atoms with Crippen molar-refractivity contribution in [3.05, 3.63) is 17.0 Å². The molecule has 0 aliphatic carbocycles. The van der Waals surface area contributed by atoms with Crippen LogP contribution in [0.2, 0.25) is 5.28 Å². The van der Waals surface area contributed by atoms with Crippen LogP contribution in [0, 0.1) is 0 Å². The van der Waals surface area contributed by atoms with Gasteiger partial charge in [0.15, 0.2) is 5.69 Å². The number of aliphatic hydroxyl groups is 1. The molecule has 0 saturated heterocycles. The van der Waals surface area contributed by atoms with Gasteiger partial charge in [0, 0.05) is 18.4 Å². The van der Waals surface area contributed by atoms with Gasteiger partial charge in [-0.05, 0) is 18.0 Å². The minimum atomic E-state index is -4.53. The Labute approximate surface area is 99.0 Å². The van der Waals surface area contributed by atoms with Crippen molar-refractivity contribution >= 4 is 23.4 Å². The third kappa shape index (κ3) is 4.15. The largest absolute Gasteiger partial charge is 0.433 e. The summed E-state index contributed by atoms with van der Waals surface area (Å²) < 4.78 is 37.0. The summed E-state index contributed by atoms with van der Waals surface area (Å²) in [6, 6.07) is 0.841. The molecule has 0 bridgehead atoms. The van der Waals surface area contributed by atoms with E-state index in [1.165, 1.54) is 0 Å². The fourth-order valence-corrected chi connectivity index (χ4v) is 1.92. The number of thioether (sulfide) groups is 1. The molecule has 1 heterocycles. The van der Waals surface area contributed by atoms with E-state index in [4.69, 9.17) is 16.7 Å². The Morgan fingerprint density at radius 3 is 2.62 bits per heavy atom. The Hall–Kier alpha value is -0.530. The van der Waals surface area contributed by atoms with Crippen LogP contribution in [0.25, 0.3) is 0 Å². The average molecular weight is 273 g/mol. The van der Waals surface area contributed by atoms with Gasteiger partial charge >= 0.3 is 6.18 Å². The summed E-state index contributed by atoms with van der Waals surface area (Å²) in [5.41, 5.74) is -1.06. The Morgan fingerprint density at radius 1 is 1.38 bits per heavy atom. The fraction of sp³-hybridized carbons (Fsp3) is 0.500. The molecule has 8 heteroatoms. The summed E-state index contributed by atoms with van der Waals surface area (Å²) >= 11 is 6.48. The van der Waals surface area contributed by atoms with E-state index in [0.29, 0.717) is 12.2 Å². The molecule has 3 nitrogen and oxygen atoms in total. The van der Waals surface area contributed by atoms with E-state index in [1.807, 2.05) is 0 Å². The predicted molar refractivity (Wildman–Crippen MR) is 54.5 cm³/mol. The SMILES string of the molecule is OCCCSc1cc(C(F)(F)F)nc(Cl)n1. The number of nitrogens with zero attached hydrogens (tertiary/aromatic N) is 2. The number of aromatic nitrogens is 2. The first kappa shape index (κ1) is 13.5. The lowest BCUT2D eigenvalue weighted by Gasteiger charge is -2.07. The molecule has 0 amide bonds. The lowest BCUT2D eigenvalue weighted by molar-refractivity contribution is -0.141. The van der Waals surface area contributed by atoms with E-state index in [-0.39, 0.29) is 11.6 Å². The highest BCUT2D eigenvalue weighted by Crippen LogP contribution is 2.30. The zero-order valence-electron chi connectivity index (χ0n) is 7.96. The lowest BCUT2D eigenvalue weighted by atomic mass is 10.4. The van der Waals surface area contributed by atoms with Crippen molar-refractivity contribution in [2.45, 2.75) is 17.6 Å². The first-order valence-corrected chi connectivity index (χ1v) is 5.65. The maximum Gasteiger partial charge on any atom is 0.433 e. The molecule has 0 fully saturated rings. The van der Waals surface area contributed by atoms with Gasteiger partial charge in [-0.15, -0.1) is 11.8 Å². The summed E-state index contributed by atoms with van der Waals surface area (Å²) in [5.74, 6) is 0.473. The van der Waals surface area contributed by atoms with Crippen molar-refractivity contribution < 1.29 is 18.3 Å². The highest BCUT2D eigenvalue weighted by molar-refractivity contribution is 7.99. The van der Waals surface area contributed by atoms with E-state index in [0.717, 1.165) is 17.8 Å². The molecule has 0 spiro atoms. The van der Waals surface area contributed by atoms with Gasteiger partial charge < -0.3 is 5.11 Å². The van der Waals surface area contributed by atoms with Gasteiger partial charge in [-0.2, -0.15) is 13.2 Å². The molecule has 0 unspecified atom stereocenters. The van der Waals surface area contributed by atoms with Crippen molar-refractivity contribution in [2.24, 2.45) is 0 Å². The summed E-state index contributed by atoms with van der Waals surface area (Å²) in [7, 11) is 0. The van der Waals surface area contributed by atoms with E-state index in [2.05, 4.69) is 9.97 Å². The van der Waals surface area contributed by atoms with Gasteiger partial charge in [-0.1, -0.05) is 0 Å². The second-order valence-corrected chi connectivity index (χ2v) is 4.24. The monoisotopic (exact) mass is 272 g/mol. The van der Waals surface area contributed by atoms with Crippen LogP contribution >= 0.6 is 23.4 Å². The third-order valence-electron chi connectivity index (χ3n) is 1.52. The zero-order valence-corrected chi connectivity index (χ0v) is 9.53. The van der Waals surface area contributed by atoms with Gasteiger partial charge in [-0.3, -0.25) is 0 Å². The molecule has 0 aliphatic rings. The normalized spacial score (nSPS) is 11.8. The van der Waals surface area contributed by atoms with Gasteiger partial charge in [0.05, 0.1) is 0 Å². The number of alkyl halides is 3. The molecule has 1 N–H and O–H groups in total. The van der Waals surface area contributed by atoms with Crippen molar-refractivity contribution in [1.82, 2.24) is 9.97 Å². The smallest absolute Gasteiger partial charge is 0.396 e. The van der Waals surface area contributed by atoms with E-state index in [1.54, 1.807) is 0 Å². The zero-order chi connectivity index (χ0) is 12.2. The molecule has 1 rings (SSSR count). The second-order valence-electron chi connectivity index (χ2n) is 2.78. The van der Waals surface area contributed by atoms with Gasteiger partial charge in [-0.25, -0.2) is 9.97 Å². The average Bonchev–Trinajstić information content (AvgIpc) is 2.16. The number of halogens is 4. The Kier molecular flexibility index (Phi) is 4.82. The Morgan fingerprint density at radius 2 is 2.06 bits per heavy atom. The molecule has 0 atom stereocenters. The highest BCUT2D eigenvalue weighted by Gasteiger charge is 2.33. The number of hydrogen-bond acceptors (Lipinski definition) is 4. The summed E-state index contributed by atoms with van der Waals surface area (Å²) in [4.78, 5) is 6.75. The minimum Gasteiger partial charge on any atom is -0.396 e. The first-order valence-electron chi connectivity index (χ1n) is 4.29. The van der Waals surface area contributed by atoms with Crippen LogP contribution in [0.5, 0.6) is 0 Å². The molecular formula is C8H8ClF3N2OS. The van der Waals surface area contributed by atoms with Gasteiger partial charge in [0.2, 0.25) is 5.28 Å². The number of hydrogen-bond donors (Lipinski definition) is 1. The lowest BCUT2D eigenvalue weighted by Crippen LogP contribution is -2.09. The minimum absolute atomic E-state index is 0.0159. The van der Waals surface area contributed by atoms with Gasteiger partial charge in [0.25, 0.3) is 0 Å². The molecule has 1 aromatic rings. The summed E-state index contributed by atoms with van der Waals surface area (Å²) in [6.07, 6.45) is -4.05. The van der Waals surface area contributed by atoms with Crippen LogP contribution in [0.3, 0.4) is 0 Å². The topological polar surface area (TPSA) is 46.0 Å². The van der Waals surface area contributed by atoms with Crippen molar-refractivity contribution in [3.63, 3.8) is 0 Å². The van der Waals surface area contributed by atoms with Crippen LogP contribution in [0.15, 0.2) is 11.1 Å². The maximum atomic E-state index is 12.3.